The molecular formula is C18H12BrFO2. The molecule has 0 aliphatic heterocycles. The summed E-state index contributed by atoms with van der Waals surface area (Å²) in [5.74, 6) is -0.868. The third-order valence-electron chi connectivity index (χ3n) is 3.53. The standard InChI is InChI=1S/C18H12BrFO2/c1-10-2-3-11-7-15(17(21)8-12(11)6-10)18(22)14-5-4-13(20)9-16(14)19/h2-9,21H,1H3. The monoisotopic (exact) mass is 358 g/mol. The van der Waals surface area contributed by atoms with E-state index in [-0.39, 0.29) is 17.1 Å². The van der Waals surface area contributed by atoms with Crippen LogP contribution in [0.1, 0.15) is 21.5 Å². The Morgan fingerprint density at radius 2 is 1.77 bits per heavy atom. The lowest BCUT2D eigenvalue weighted by Crippen LogP contribution is -2.03. The van der Waals surface area contributed by atoms with Crippen molar-refractivity contribution < 1.29 is 14.3 Å². The van der Waals surface area contributed by atoms with Crippen LogP contribution in [0.2, 0.25) is 0 Å². The summed E-state index contributed by atoms with van der Waals surface area (Å²) in [5.41, 5.74) is 1.58. The van der Waals surface area contributed by atoms with Crippen molar-refractivity contribution in [2.75, 3.05) is 0 Å². The molecule has 0 fully saturated rings. The minimum absolute atomic E-state index is 0.0840. The maximum Gasteiger partial charge on any atom is 0.197 e. The van der Waals surface area contributed by atoms with Crippen LogP contribution in [0.4, 0.5) is 4.39 Å². The summed E-state index contributed by atoms with van der Waals surface area (Å²) in [4.78, 5) is 12.6. The predicted molar refractivity (Wildman–Crippen MR) is 87.9 cm³/mol. The van der Waals surface area contributed by atoms with Crippen LogP contribution in [0, 0.1) is 12.7 Å². The number of carbonyl (C=O) groups excluding carboxylic acids is 1. The van der Waals surface area contributed by atoms with Crippen LogP contribution in [-0.2, 0) is 0 Å². The highest BCUT2D eigenvalue weighted by Gasteiger charge is 2.17. The second-order valence-electron chi connectivity index (χ2n) is 5.17. The molecule has 4 heteroatoms. The summed E-state index contributed by atoms with van der Waals surface area (Å²) < 4.78 is 13.5. The number of hydrogen-bond acceptors (Lipinski definition) is 2. The normalized spacial score (nSPS) is 10.9. The molecule has 0 aliphatic carbocycles. The van der Waals surface area contributed by atoms with E-state index in [1.807, 2.05) is 25.1 Å². The fraction of sp³-hybridized carbons (Fsp3) is 0.0556. The summed E-state index contributed by atoms with van der Waals surface area (Å²) in [6, 6.07) is 12.9. The highest BCUT2D eigenvalue weighted by Crippen LogP contribution is 2.30. The first-order chi connectivity index (χ1) is 10.5. The van der Waals surface area contributed by atoms with E-state index in [2.05, 4.69) is 15.9 Å². The van der Waals surface area contributed by atoms with Crippen LogP contribution in [0.3, 0.4) is 0 Å². The molecule has 3 aromatic rings. The quantitative estimate of drug-likeness (QED) is 0.655. The van der Waals surface area contributed by atoms with Crippen LogP contribution < -0.4 is 0 Å². The molecule has 0 saturated carbocycles. The number of rotatable bonds is 2. The molecule has 0 bridgehead atoms. The minimum atomic E-state index is -0.429. The van der Waals surface area contributed by atoms with Crippen molar-refractivity contribution >= 4 is 32.5 Å². The Bertz CT molecular complexity index is 903. The van der Waals surface area contributed by atoms with E-state index in [1.165, 1.54) is 18.2 Å². The van der Waals surface area contributed by atoms with Crippen molar-refractivity contribution in [3.63, 3.8) is 0 Å². The van der Waals surface area contributed by atoms with Gasteiger partial charge in [-0.05, 0) is 64.0 Å². The Hall–Kier alpha value is -2.20. The minimum Gasteiger partial charge on any atom is -0.507 e. The van der Waals surface area contributed by atoms with E-state index in [1.54, 1.807) is 12.1 Å². The molecule has 0 atom stereocenters. The Balaban J connectivity index is 2.14. The van der Waals surface area contributed by atoms with Crippen molar-refractivity contribution in [3.8, 4) is 5.75 Å². The summed E-state index contributed by atoms with van der Waals surface area (Å²) in [5, 5.41) is 11.9. The Morgan fingerprint density at radius 1 is 1.00 bits per heavy atom. The highest BCUT2D eigenvalue weighted by atomic mass is 79.9. The second kappa shape index (κ2) is 5.54. The molecule has 22 heavy (non-hydrogen) atoms. The Morgan fingerprint density at radius 3 is 2.50 bits per heavy atom. The maximum absolute atomic E-state index is 13.1. The van der Waals surface area contributed by atoms with E-state index in [4.69, 9.17) is 0 Å². The second-order valence-corrected chi connectivity index (χ2v) is 6.03. The molecule has 0 aromatic heterocycles. The highest BCUT2D eigenvalue weighted by molar-refractivity contribution is 9.10. The van der Waals surface area contributed by atoms with Gasteiger partial charge in [-0.2, -0.15) is 0 Å². The lowest BCUT2D eigenvalue weighted by Gasteiger charge is -2.08. The molecule has 0 aliphatic rings. The van der Waals surface area contributed by atoms with Crippen LogP contribution in [-0.4, -0.2) is 10.9 Å². The van der Waals surface area contributed by atoms with E-state index in [9.17, 15) is 14.3 Å². The van der Waals surface area contributed by atoms with E-state index in [0.717, 1.165) is 16.3 Å². The third-order valence-corrected chi connectivity index (χ3v) is 4.19. The number of carbonyl (C=O) groups is 1. The van der Waals surface area contributed by atoms with Crippen LogP contribution in [0.5, 0.6) is 5.75 Å². The van der Waals surface area contributed by atoms with Gasteiger partial charge in [0, 0.05) is 10.0 Å². The number of hydrogen-bond donors (Lipinski definition) is 1. The average Bonchev–Trinajstić information content (AvgIpc) is 2.45. The van der Waals surface area contributed by atoms with Crippen molar-refractivity contribution in [2.45, 2.75) is 6.92 Å². The first kappa shape index (κ1) is 14.7. The zero-order valence-electron chi connectivity index (χ0n) is 11.7. The van der Waals surface area contributed by atoms with Gasteiger partial charge in [0.05, 0.1) is 5.56 Å². The number of phenols is 1. The van der Waals surface area contributed by atoms with Gasteiger partial charge in [0.15, 0.2) is 5.78 Å². The molecule has 0 spiro atoms. The van der Waals surface area contributed by atoms with Crippen LogP contribution >= 0.6 is 15.9 Å². The van der Waals surface area contributed by atoms with Gasteiger partial charge < -0.3 is 5.11 Å². The van der Waals surface area contributed by atoms with Gasteiger partial charge in [0.2, 0.25) is 0 Å². The van der Waals surface area contributed by atoms with Crippen LogP contribution in [0.25, 0.3) is 10.8 Å². The number of aryl methyl sites for hydroxylation is 1. The van der Waals surface area contributed by atoms with E-state index in [0.29, 0.717) is 10.0 Å². The van der Waals surface area contributed by atoms with Gasteiger partial charge in [0.25, 0.3) is 0 Å². The lowest BCUT2D eigenvalue weighted by molar-refractivity contribution is 0.103. The molecule has 3 rings (SSSR count). The third kappa shape index (κ3) is 2.62. The molecule has 0 saturated heterocycles. The van der Waals surface area contributed by atoms with Crippen molar-refractivity contribution in [1.29, 1.82) is 0 Å². The fourth-order valence-corrected chi connectivity index (χ4v) is 2.94. The largest absolute Gasteiger partial charge is 0.507 e. The molecular weight excluding hydrogens is 347 g/mol. The molecule has 0 amide bonds. The smallest absolute Gasteiger partial charge is 0.197 e. The predicted octanol–water partition coefficient (Wildman–Crippen LogP) is 4.99. The number of benzene rings is 3. The first-order valence-electron chi connectivity index (χ1n) is 6.69. The topological polar surface area (TPSA) is 37.3 Å². The molecule has 1 N–H and O–H groups in total. The van der Waals surface area contributed by atoms with E-state index < -0.39 is 5.82 Å². The summed E-state index contributed by atoms with van der Waals surface area (Å²) in [6.07, 6.45) is 0. The summed E-state index contributed by atoms with van der Waals surface area (Å²) in [7, 11) is 0. The number of aromatic hydroxyl groups is 1. The van der Waals surface area contributed by atoms with Gasteiger partial charge in [-0.3, -0.25) is 4.79 Å². The Kier molecular flexibility index (Phi) is 3.71. The molecule has 2 nitrogen and oxygen atoms in total. The zero-order chi connectivity index (χ0) is 15.9. The molecule has 3 aromatic carbocycles. The SMILES string of the molecule is Cc1ccc2cc(C(=O)c3ccc(F)cc3Br)c(O)cc2c1. The van der Waals surface area contributed by atoms with Crippen molar-refractivity contribution in [1.82, 2.24) is 0 Å². The maximum atomic E-state index is 13.1. The average molecular weight is 359 g/mol. The molecule has 110 valence electrons. The fourth-order valence-electron chi connectivity index (χ4n) is 2.41. The number of phenolic OH excluding ortho intramolecular Hbond substituents is 1. The molecule has 0 radical (unpaired) electrons. The van der Waals surface area contributed by atoms with Crippen molar-refractivity contribution in [2.24, 2.45) is 0 Å². The Labute approximate surface area is 135 Å². The number of halogens is 2. The van der Waals surface area contributed by atoms with Crippen LogP contribution in [0.15, 0.2) is 53.0 Å². The number of fused-ring (bicyclic) bond motifs is 1. The van der Waals surface area contributed by atoms with Gasteiger partial charge in [-0.1, -0.05) is 23.8 Å². The summed E-state index contributed by atoms with van der Waals surface area (Å²) in [6.45, 7) is 1.96. The molecule has 0 heterocycles. The summed E-state index contributed by atoms with van der Waals surface area (Å²) >= 11 is 3.19. The van der Waals surface area contributed by atoms with Gasteiger partial charge in [0.1, 0.15) is 11.6 Å². The first-order valence-corrected chi connectivity index (χ1v) is 7.48. The van der Waals surface area contributed by atoms with Gasteiger partial charge >= 0.3 is 0 Å². The lowest BCUT2D eigenvalue weighted by atomic mass is 9.98. The van der Waals surface area contributed by atoms with Gasteiger partial charge in [-0.15, -0.1) is 0 Å². The van der Waals surface area contributed by atoms with Crippen molar-refractivity contribution in [3.05, 3.63) is 75.5 Å². The van der Waals surface area contributed by atoms with E-state index >= 15 is 0 Å². The zero-order valence-corrected chi connectivity index (χ0v) is 13.3. The number of ketones is 1. The molecule has 0 unspecified atom stereocenters. The van der Waals surface area contributed by atoms with Gasteiger partial charge in [-0.25, -0.2) is 4.39 Å².